The molecule has 0 saturated heterocycles. The molecule has 2 N–H and O–H groups in total. The van der Waals surface area contributed by atoms with Gasteiger partial charge in [0.15, 0.2) is 5.60 Å². The number of nitrogens with one attached hydrogen (secondary N) is 2. The summed E-state index contributed by atoms with van der Waals surface area (Å²) in [6.07, 6.45) is 7.10. The van der Waals surface area contributed by atoms with Gasteiger partial charge in [-0.25, -0.2) is 0 Å². The maximum atomic E-state index is 12.8. The summed E-state index contributed by atoms with van der Waals surface area (Å²) < 4.78 is 5.99. The highest BCUT2D eigenvalue weighted by Gasteiger charge is 2.46. The average Bonchev–Trinajstić information content (AvgIpc) is 2.97. The highest BCUT2D eigenvalue weighted by atomic mass is 35.5. The molecule has 1 unspecified atom stereocenters. The second kappa shape index (κ2) is 9.17. The zero-order valence-corrected chi connectivity index (χ0v) is 19.4. The molecule has 2 amide bonds. The summed E-state index contributed by atoms with van der Waals surface area (Å²) >= 11 is 6.01. The molecule has 0 aromatic heterocycles. The molecule has 3 rings (SSSR count). The number of carbonyl (C=O) groups excluding carboxylic acids is 2. The van der Waals surface area contributed by atoms with Crippen molar-refractivity contribution >= 4 is 23.4 Å². The number of hydrogen-bond donors (Lipinski definition) is 2. The Kier molecular flexibility index (Phi) is 7.01. The molecule has 30 heavy (non-hydrogen) atoms. The van der Waals surface area contributed by atoms with E-state index in [1.54, 1.807) is 26.0 Å². The standard InChI is InChI=1S/C24H35ClN2O3/c1-5-21(28)27-24-10-8-17(14-24)13-18(15-24)9-11-26-22(29)23(3,4)30-20-7-6-19(25)12-16(20)2/h6-7,12,17-18H,5,8-11,13-15H2,1-4H3,(H,26,29)(H,27,28)/t17-,18?,24-/m0/s1. The minimum absolute atomic E-state index is 0.0147. The van der Waals surface area contributed by atoms with Crippen LogP contribution >= 0.6 is 11.6 Å². The summed E-state index contributed by atoms with van der Waals surface area (Å²) in [5.41, 5.74) is -0.0832. The maximum absolute atomic E-state index is 12.8. The minimum Gasteiger partial charge on any atom is -0.478 e. The molecule has 0 heterocycles. The first-order valence-electron chi connectivity index (χ1n) is 11.2. The van der Waals surface area contributed by atoms with E-state index in [9.17, 15) is 9.59 Å². The van der Waals surface area contributed by atoms with Gasteiger partial charge in [-0.15, -0.1) is 0 Å². The lowest BCUT2D eigenvalue weighted by atomic mass is 9.75. The molecular formula is C24H35ClN2O3. The van der Waals surface area contributed by atoms with E-state index in [1.165, 1.54) is 12.8 Å². The molecule has 166 valence electrons. The Hall–Kier alpha value is -1.75. The van der Waals surface area contributed by atoms with Gasteiger partial charge in [0.05, 0.1) is 0 Å². The van der Waals surface area contributed by atoms with Gasteiger partial charge in [0.1, 0.15) is 5.75 Å². The largest absolute Gasteiger partial charge is 0.478 e. The van der Waals surface area contributed by atoms with Crippen LogP contribution in [0.4, 0.5) is 0 Å². The smallest absolute Gasteiger partial charge is 0.263 e. The Morgan fingerprint density at radius 2 is 2.07 bits per heavy atom. The summed E-state index contributed by atoms with van der Waals surface area (Å²) in [6.45, 7) is 8.02. The lowest BCUT2D eigenvalue weighted by Gasteiger charge is -2.39. The Balaban J connectivity index is 1.50. The Morgan fingerprint density at radius 1 is 1.30 bits per heavy atom. The lowest BCUT2D eigenvalue weighted by molar-refractivity contribution is -0.134. The first-order chi connectivity index (χ1) is 14.1. The summed E-state index contributed by atoms with van der Waals surface area (Å²) in [7, 11) is 0. The number of rotatable bonds is 8. The normalized spacial score (nSPS) is 25.6. The van der Waals surface area contributed by atoms with Crippen LogP contribution in [0, 0.1) is 18.8 Å². The van der Waals surface area contributed by atoms with Crippen LogP contribution in [0.3, 0.4) is 0 Å². The summed E-state index contributed by atoms with van der Waals surface area (Å²) in [6, 6.07) is 5.40. The van der Waals surface area contributed by atoms with Crippen molar-refractivity contribution in [3.8, 4) is 5.75 Å². The van der Waals surface area contributed by atoms with Crippen molar-refractivity contribution in [1.29, 1.82) is 0 Å². The molecule has 2 aliphatic carbocycles. The van der Waals surface area contributed by atoms with E-state index in [-0.39, 0.29) is 17.4 Å². The third kappa shape index (κ3) is 5.48. The quantitative estimate of drug-likeness (QED) is 0.618. The Labute approximate surface area is 185 Å². The third-order valence-corrected chi connectivity index (χ3v) is 6.90. The van der Waals surface area contributed by atoms with Crippen LogP contribution in [0.1, 0.15) is 71.3 Å². The van der Waals surface area contributed by atoms with Crippen LogP contribution in [-0.4, -0.2) is 29.5 Å². The second-order valence-corrected chi connectivity index (χ2v) is 10.1. The highest BCUT2D eigenvalue weighted by Crippen LogP contribution is 2.48. The predicted octanol–water partition coefficient (Wildman–Crippen LogP) is 4.79. The van der Waals surface area contributed by atoms with Gasteiger partial charge in [-0.1, -0.05) is 18.5 Å². The second-order valence-electron chi connectivity index (χ2n) is 9.66. The molecule has 2 saturated carbocycles. The van der Waals surface area contributed by atoms with E-state index in [0.717, 1.165) is 31.2 Å². The number of amides is 2. The van der Waals surface area contributed by atoms with Crippen LogP contribution in [0.5, 0.6) is 5.75 Å². The minimum atomic E-state index is -0.972. The van der Waals surface area contributed by atoms with Crippen molar-refractivity contribution in [2.24, 2.45) is 11.8 Å². The van der Waals surface area contributed by atoms with Gasteiger partial charge in [0.25, 0.3) is 5.91 Å². The molecule has 6 heteroatoms. The van der Waals surface area contributed by atoms with Crippen molar-refractivity contribution in [2.75, 3.05) is 6.54 Å². The zero-order chi connectivity index (χ0) is 21.9. The summed E-state index contributed by atoms with van der Waals surface area (Å²) in [5, 5.41) is 7.02. The van der Waals surface area contributed by atoms with Crippen LogP contribution < -0.4 is 15.4 Å². The molecule has 1 aromatic carbocycles. The van der Waals surface area contributed by atoms with Gasteiger partial charge in [-0.3, -0.25) is 9.59 Å². The molecule has 2 bridgehead atoms. The van der Waals surface area contributed by atoms with Crippen LogP contribution in [0.15, 0.2) is 18.2 Å². The number of benzene rings is 1. The topological polar surface area (TPSA) is 67.4 Å². The highest BCUT2D eigenvalue weighted by molar-refractivity contribution is 6.30. The zero-order valence-electron chi connectivity index (χ0n) is 18.6. The fraction of sp³-hybridized carbons (Fsp3) is 0.667. The van der Waals surface area contributed by atoms with Crippen LogP contribution in [0.25, 0.3) is 0 Å². The number of ether oxygens (including phenoxy) is 1. The summed E-state index contributed by atoms with van der Waals surface area (Å²) in [4.78, 5) is 24.7. The van der Waals surface area contributed by atoms with E-state index >= 15 is 0 Å². The van der Waals surface area contributed by atoms with Crippen molar-refractivity contribution in [3.05, 3.63) is 28.8 Å². The van der Waals surface area contributed by atoms with Crippen molar-refractivity contribution in [3.63, 3.8) is 0 Å². The van der Waals surface area contributed by atoms with Gasteiger partial charge in [-0.2, -0.15) is 0 Å². The molecule has 0 aliphatic heterocycles. The van der Waals surface area contributed by atoms with Crippen molar-refractivity contribution < 1.29 is 14.3 Å². The number of hydrogen-bond acceptors (Lipinski definition) is 3. The molecule has 2 fully saturated rings. The molecular weight excluding hydrogens is 400 g/mol. The molecule has 3 atom stereocenters. The van der Waals surface area contributed by atoms with Gasteiger partial charge < -0.3 is 15.4 Å². The third-order valence-electron chi connectivity index (χ3n) is 6.67. The molecule has 0 radical (unpaired) electrons. The van der Waals surface area contributed by atoms with Crippen molar-refractivity contribution in [1.82, 2.24) is 10.6 Å². The van der Waals surface area contributed by atoms with Gasteiger partial charge in [0.2, 0.25) is 5.91 Å². The van der Waals surface area contributed by atoms with E-state index in [1.807, 2.05) is 19.9 Å². The van der Waals surface area contributed by atoms with E-state index in [2.05, 4.69) is 10.6 Å². The number of halogens is 1. The fourth-order valence-corrected chi connectivity index (χ4v) is 5.38. The van der Waals surface area contributed by atoms with E-state index < -0.39 is 5.60 Å². The van der Waals surface area contributed by atoms with Gasteiger partial charge >= 0.3 is 0 Å². The molecule has 2 aliphatic rings. The van der Waals surface area contributed by atoms with Gasteiger partial charge in [0, 0.05) is 23.5 Å². The van der Waals surface area contributed by atoms with Crippen LogP contribution in [0.2, 0.25) is 5.02 Å². The number of aryl methyl sites for hydroxylation is 1. The first kappa shape index (κ1) is 22.9. The van der Waals surface area contributed by atoms with Gasteiger partial charge in [-0.05, 0) is 94.9 Å². The maximum Gasteiger partial charge on any atom is 0.263 e. The van der Waals surface area contributed by atoms with E-state index in [0.29, 0.717) is 35.6 Å². The molecule has 0 spiro atoms. The first-order valence-corrected chi connectivity index (χ1v) is 11.5. The molecule has 1 aromatic rings. The lowest BCUT2D eigenvalue weighted by Crippen LogP contribution is -2.50. The van der Waals surface area contributed by atoms with Crippen LogP contribution in [-0.2, 0) is 9.59 Å². The SMILES string of the molecule is CCC(=O)N[C@]12CC[C@@H](CC(CCNC(=O)C(C)(C)Oc3ccc(Cl)cc3C)C1)C2. The average molecular weight is 435 g/mol. The molecule has 5 nitrogen and oxygen atoms in total. The Morgan fingerprint density at radius 3 is 2.77 bits per heavy atom. The van der Waals surface area contributed by atoms with Crippen molar-refractivity contribution in [2.45, 2.75) is 83.8 Å². The predicted molar refractivity (Wildman–Crippen MR) is 120 cm³/mol. The number of fused-ring (bicyclic) bond motifs is 2. The Bertz CT molecular complexity index is 795. The van der Waals surface area contributed by atoms with E-state index in [4.69, 9.17) is 16.3 Å². The number of carbonyl (C=O) groups is 2. The fourth-order valence-electron chi connectivity index (χ4n) is 5.15. The monoisotopic (exact) mass is 434 g/mol. The summed E-state index contributed by atoms with van der Waals surface area (Å²) in [5.74, 6) is 1.93.